The van der Waals surface area contributed by atoms with E-state index in [1.54, 1.807) is 13.2 Å². The van der Waals surface area contributed by atoms with Crippen molar-refractivity contribution in [3.05, 3.63) is 54.1 Å². The van der Waals surface area contributed by atoms with Crippen LogP contribution in [-0.2, 0) is 4.79 Å². The van der Waals surface area contributed by atoms with E-state index >= 15 is 0 Å². The predicted octanol–water partition coefficient (Wildman–Crippen LogP) is 5.12. The molecule has 0 saturated heterocycles. The van der Waals surface area contributed by atoms with Gasteiger partial charge in [-0.15, -0.1) is 11.8 Å². The molecule has 6 heteroatoms. The molecule has 2 amide bonds. The topological polar surface area (TPSA) is 67.4 Å². The summed E-state index contributed by atoms with van der Waals surface area (Å²) in [6.07, 6.45) is 5.67. The molecule has 2 aromatic rings. The van der Waals surface area contributed by atoms with Gasteiger partial charge in [0.25, 0.3) is 5.91 Å². The number of rotatable bonds is 8. The second-order valence-corrected chi connectivity index (χ2v) is 8.68. The Balaban J connectivity index is 1.55. The van der Waals surface area contributed by atoms with Gasteiger partial charge in [0.2, 0.25) is 5.91 Å². The van der Waals surface area contributed by atoms with Gasteiger partial charge in [0, 0.05) is 22.7 Å². The molecule has 0 aliphatic heterocycles. The lowest BCUT2D eigenvalue weighted by Gasteiger charge is -2.28. The first-order valence-corrected chi connectivity index (χ1v) is 11.5. The van der Waals surface area contributed by atoms with E-state index in [0.717, 1.165) is 23.7 Å². The highest BCUT2D eigenvalue weighted by molar-refractivity contribution is 8.00. The monoisotopic (exact) mass is 426 g/mol. The van der Waals surface area contributed by atoms with Crippen LogP contribution in [0.4, 0.5) is 5.69 Å². The van der Waals surface area contributed by atoms with Gasteiger partial charge in [-0.3, -0.25) is 9.59 Å². The lowest BCUT2D eigenvalue weighted by atomic mass is 9.84. The van der Waals surface area contributed by atoms with Crippen LogP contribution < -0.4 is 15.4 Å². The molecule has 30 heavy (non-hydrogen) atoms. The fraction of sp³-hybridized carbons (Fsp3) is 0.417. The number of hydrogen-bond acceptors (Lipinski definition) is 4. The first-order valence-electron chi connectivity index (χ1n) is 10.6. The Morgan fingerprint density at radius 1 is 1.07 bits per heavy atom. The van der Waals surface area contributed by atoms with Crippen LogP contribution in [0, 0.1) is 5.92 Å². The van der Waals surface area contributed by atoms with Crippen molar-refractivity contribution in [2.75, 3.05) is 18.2 Å². The first-order chi connectivity index (χ1) is 14.6. The van der Waals surface area contributed by atoms with E-state index in [1.165, 1.54) is 31.0 Å². The standard InChI is InChI=1S/C24H30N2O3S/c1-3-17-11-13-18(14-12-17)26-24(28)21-9-4-5-10-22(21)30-16-23(27)25-19-7-6-8-20(15-19)29-2/h4-10,15,17-18H,3,11-14,16H2,1-2H3,(H,25,27)(H,26,28). The Morgan fingerprint density at radius 3 is 2.57 bits per heavy atom. The zero-order valence-corrected chi connectivity index (χ0v) is 18.5. The highest BCUT2D eigenvalue weighted by Gasteiger charge is 2.22. The molecule has 1 saturated carbocycles. The van der Waals surface area contributed by atoms with Crippen molar-refractivity contribution in [2.45, 2.75) is 50.0 Å². The SMILES string of the molecule is CCC1CCC(NC(=O)c2ccccc2SCC(=O)Nc2cccc(OC)c2)CC1. The van der Waals surface area contributed by atoms with Crippen LogP contribution in [0.2, 0.25) is 0 Å². The fourth-order valence-electron chi connectivity index (χ4n) is 3.80. The summed E-state index contributed by atoms with van der Waals surface area (Å²) in [6.45, 7) is 2.24. The first kappa shape index (κ1) is 22.2. The maximum absolute atomic E-state index is 12.9. The van der Waals surface area contributed by atoms with E-state index in [1.807, 2.05) is 42.5 Å². The summed E-state index contributed by atoms with van der Waals surface area (Å²) in [5.41, 5.74) is 1.32. The average molecular weight is 427 g/mol. The summed E-state index contributed by atoms with van der Waals surface area (Å²) in [4.78, 5) is 26.0. The van der Waals surface area contributed by atoms with Crippen molar-refractivity contribution >= 4 is 29.3 Å². The Bertz CT molecular complexity index is 863. The molecule has 0 unspecified atom stereocenters. The number of nitrogens with one attached hydrogen (secondary N) is 2. The summed E-state index contributed by atoms with van der Waals surface area (Å²) < 4.78 is 5.18. The summed E-state index contributed by atoms with van der Waals surface area (Å²) in [5.74, 6) is 1.54. The van der Waals surface area contributed by atoms with Crippen molar-refractivity contribution in [1.29, 1.82) is 0 Å². The third-order valence-corrected chi connectivity index (χ3v) is 6.68. The molecule has 2 aromatic carbocycles. The van der Waals surface area contributed by atoms with Crippen LogP contribution in [0.3, 0.4) is 0 Å². The van der Waals surface area contributed by atoms with Gasteiger partial charge in [-0.2, -0.15) is 0 Å². The van der Waals surface area contributed by atoms with Gasteiger partial charge in [0.1, 0.15) is 5.75 Å². The summed E-state index contributed by atoms with van der Waals surface area (Å²) >= 11 is 1.37. The molecule has 5 nitrogen and oxygen atoms in total. The zero-order valence-electron chi connectivity index (χ0n) is 17.6. The number of anilines is 1. The van der Waals surface area contributed by atoms with E-state index in [4.69, 9.17) is 4.74 Å². The molecule has 0 aromatic heterocycles. The van der Waals surface area contributed by atoms with Gasteiger partial charge in [0.05, 0.1) is 18.4 Å². The molecule has 1 fully saturated rings. The Labute approximate surface area is 183 Å². The lowest BCUT2D eigenvalue weighted by Crippen LogP contribution is -2.37. The number of carbonyl (C=O) groups is 2. The van der Waals surface area contributed by atoms with E-state index in [0.29, 0.717) is 17.0 Å². The molecule has 1 aliphatic rings. The van der Waals surface area contributed by atoms with Crippen LogP contribution in [0.25, 0.3) is 0 Å². The second kappa shape index (κ2) is 11.1. The summed E-state index contributed by atoms with van der Waals surface area (Å²) in [5, 5.41) is 6.06. The molecular formula is C24H30N2O3S. The Morgan fingerprint density at radius 2 is 1.83 bits per heavy atom. The van der Waals surface area contributed by atoms with Gasteiger partial charge in [-0.25, -0.2) is 0 Å². The van der Waals surface area contributed by atoms with Crippen molar-refractivity contribution in [3.63, 3.8) is 0 Å². The number of amides is 2. The van der Waals surface area contributed by atoms with Crippen LogP contribution in [0.5, 0.6) is 5.75 Å². The quantitative estimate of drug-likeness (QED) is 0.575. The van der Waals surface area contributed by atoms with Crippen LogP contribution in [0.1, 0.15) is 49.4 Å². The number of ether oxygens (including phenoxy) is 1. The van der Waals surface area contributed by atoms with Gasteiger partial charge < -0.3 is 15.4 Å². The Kier molecular flexibility index (Phi) is 8.20. The van der Waals surface area contributed by atoms with E-state index in [2.05, 4.69) is 17.6 Å². The highest BCUT2D eigenvalue weighted by Crippen LogP contribution is 2.28. The number of hydrogen-bond donors (Lipinski definition) is 2. The fourth-order valence-corrected chi connectivity index (χ4v) is 4.65. The molecule has 0 bridgehead atoms. The molecule has 0 heterocycles. The second-order valence-electron chi connectivity index (χ2n) is 7.66. The van der Waals surface area contributed by atoms with Gasteiger partial charge in [-0.05, 0) is 55.9 Å². The highest BCUT2D eigenvalue weighted by atomic mass is 32.2. The molecule has 3 rings (SSSR count). The maximum atomic E-state index is 12.9. The van der Waals surface area contributed by atoms with Crippen molar-refractivity contribution in [3.8, 4) is 5.75 Å². The minimum atomic E-state index is -0.124. The van der Waals surface area contributed by atoms with Gasteiger partial charge in [-0.1, -0.05) is 31.5 Å². The normalized spacial score (nSPS) is 18.5. The van der Waals surface area contributed by atoms with Gasteiger partial charge in [0.15, 0.2) is 0 Å². The predicted molar refractivity (Wildman–Crippen MR) is 122 cm³/mol. The zero-order chi connectivity index (χ0) is 21.3. The third-order valence-electron chi connectivity index (χ3n) is 5.60. The minimum absolute atomic E-state index is 0.0498. The smallest absolute Gasteiger partial charge is 0.252 e. The lowest BCUT2D eigenvalue weighted by molar-refractivity contribution is -0.113. The van der Waals surface area contributed by atoms with Crippen molar-refractivity contribution < 1.29 is 14.3 Å². The maximum Gasteiger partial charge on any atom is 0.252 e. The molecule has 0 spiro atoms. The molecule has 0 radical (unpaired) electrons. The van der Waals surface area contributed by atoms with Crippen LogP contribution in [-0.4, -0.2) is 30.7 Å². The number of methoxy groups -OCH3 is 1. The van der Waals surface area contributed by atoms with E-state index < -0.39 is 0 Å². The number of benzene rings is 2. The largest absolute Gasteiger partial charge is 0.497 e. The summed E-state index contributed by atoms with van der Waals surface area (Å²) in [6, 6.07) is 15.0. The average Bonchev–Trinajstić information content (AvgIpc) is 2.78. The molecule has 0 atom stereocenters. The van der Waals surface area contributed by atoms with E-state index in [9.17, 15) is 9.59 Å². The Hall–Kier alpha value is -2.47. The molecule has 2 N–H and O–H groups in total. The van der Waals surface area contributed by atoms with Crippen molar-refractivity contribution in [2.24, 2.45) is 5.92 Å². The molecular weight excluding hydrogens is 396 g/mol. The minimum Gasteiger partial charge on any atom is -0.497 e. The third kappa shape index (κ3) is 6.26. The van der Waals surface area contributed by atoms with Gasteiger partial charge >= 0.3 is 0 Å². The molecule has 160 valence electrons. The number of carbonyl (C=O) groups excluding carboxylic acids is 2. The number of thioether (sulfide) groups is 1. The van der Waals surface area contributed by atoms with Crippen molar-refractivity contribution in [1.82, 2.24) is 5.32 Å². The van der Waals surface area contributed by atoms with Crippen LogP contribution >= 0.6 is 11.8 Å². The summed E-state index contributed by atoms with van der Waals surface area (Å²) in [7, 11) is 1.59. The van der Waals surface area contributed by atoms with E-state index in [-0.39, 0.29) is 23.6 Å². The molecule has 1 aliphatic carbocycles. The van der Waals surface area contributed by atoms with Crippen LogP contribution in [0.15, 0.2) is 53.4 Å².